The summed E-state index contributed by atoms with van der Waals surface area (Å²) < 4.78 is 11.3. The first-order valence-corrected chi connectivity index (χ1v) is 8.28. The Morgan fingerprint density at radius 3 is 2.65 bits per heavy atom. The van der Waals surface area contributed by atoms with E-state index in [4.69, 9.17) is 14.5 Å². The van der Waals surface area contributed by atoms with Gasteiger partial charge in [0.15, 0.2) is 0 Å². The first-order valence-electron chi connectivity index (χ1n) is 7.46. The number of aromatic nitrogens is 1. The third-order valence-electron chi connectivity index (χ3n) is 3.86. The van der Waals surface area contributed by atoms with Gasteiger partial charge in [0.25, 0.3) is 0 Å². The molecule has 1 fully saturated rings. The first-order chi connectivity index (χ1) is 9.61. The van der Waals surface area contributed by atoms with Gasteiger partial charge in [-0.3, -0.25) is 0 Å². The minimum atomic E-state index is -0.233. The Kier molecular flexibility index (Phi) is 5.55. The van der Waals surface area contributed by atoms with E-state index in [9.17, 15) is 0 Å². The number of methoxy groups -OCH3 is 1. The molecule has 0 bridgehead atoms. The average molecular weight is 298 g/mol. The lowest BCUT2D eigenvalue weighted by atomic mass is 9.95. The number of nitrogens with zero attached hydrogens (tertiary/aromatic N) is 1. The van der Waals surface area contributed by atoms with Crippen molar-refractivity contribution >= 4 is 11.3 Å². The maximum Gasteiger partial charge on any atom is 0.125 e. The summed E-state index contributed by atoms with van der Waals surface area (Å²) in [5.74, 6) is 0. The lowest BCUT2D eigenvalue weighted by Gasteiger charge is -2.33. The molecule has 1 N–H and O–H groups in total. The van der Waals surface area contributed by atoms with Gasteiger partial charge in [-0.05, 0) is 6.42 Å². The monoisotopic (exact) mass is 298 g/mol. The third kappa shape index (κ3) is 3.39. The molecular weight excluding hydrogens is 272 g/mol. The smallest absolute Gasteiger partial charge is 0.125 e. The summed E-state index contributed by atoms with van der Waals surface area (Å²) in [4.78, 5) is 6.22. The molecule has 0 spiro atoms. The van der Waals surface area contributed by atoms with Crippen LogP contribution in [-0.4, -0.2) is 31.3 Å². The van der Waals surface area contributed by atoms with E-state index in [1.54, 1.807) is 18.4 Å². The molecule has 0 radical (unpaired) electrons. The quantitative estimate of drug-likeness (QED) is 0.877. The highest BCUT2D eigenvalue weighted by molar-refractivity contribution is 7.11. The third-order valence-corrected chi connectivity index (χ3v) is 5.15. The fraction of sp³-hybridized carbons (Fsp3) is 0.800. The lowest BCUT2D eigenvalue weighted by Crippen LogP contribution is -2.35. The molecule has 0 saturated carbocycles. The molecule has 0 amide bonds. The standard InChI is InChI=1S/C15H26N2O2S/c1-5-12-13(10-16-11(2)3)20-14(17-12)15(18-4)6-8-19-9-7-15/h11,16H,5-10H2,1-4H3. The van der Waals surface area contributed by atoms with Gasteiger partial charge >= 0.3 is 0 Å². The van der Waals surface area contributed by atoms with Crippen molar-refractivity contribution < 1.29 is 9.47 Å². The Morgan fingerprint density at radius 2 is 2.10 bits per heavy atom. The first kappa shape index (κ1) is 15.9. The van der Waals surface area contributed by atoms with E-state index in [-0.39, 0.29) is 5.60 Å². The molecule has 4 nitrogen and oxygen atoms in total. The Morgan fingerprint density at radius 1 is 1.40 bits per heavy atom. The van der Waals surface area contributed by atoms with Crippen molar-refractivity contribution in [3.05, 3.63) is 15.6 Å². The van der Waals surface area contributed by atoms with E-state index in [0.717, 1.165) is 44.0 Å². The summed E-state index contributed by atoms with van der Waals surface area (Å²) in [7, 11) is 1.80. The van der Waals surface area contributed by atoms with E-state index in [0.29, 0.717) is 6.04 Å². The van der Waals surface area contributed by atoms with Gasteiger partial charge < -0.3 is 14.8 Å². The zero-order chi connectivity index (χ0) is 14.6. The van der Waals surface area contributed by atoms with Crippen LogP contribution >= 0.6 is 11.3 Å². The van der Waals surface area contributed by atoms with Gasteiger partial charge in [-0.1, -0.05) is 20.8 Å². The largest absolute Gasteiger partial charge is 0.381 e. The summed E-state index contributed by atoms with van der Waals surface area (Å²) >= 11 is 1.80. The van der Waals surface area contributed by atoms with E-state index < -0.39 is 0 Å². The highest BCUT2D eigenvalue weighted by Crippen LogP contribution is 2.38. The molecule has 1 aliphatic heterocycles. The SMILES string of the molecule is CCc1nc(C2(OC)CCOCC2)sc1CNC(C)C. The zero-order valence-electron chi connectivity index (χ0n) is 13.0. The summed E-state index contributed by atoms with van der Waals surface area (Å²) in [6.45, 7) is 8.92. The van der Waals surface area contributed by atoms with Crippen molar-refractivity contribution in [3.63, 3.8) is 0 Å². The van der Waals surface area contributed by atoms with Crippen molar-refractivity contribution in [2.45, 2.75) is 58.2 Å². The van der Waals surface area contributed by atoms with Crippen LogP contribution in [0.15, 0.2) is 0 Å². The van der Waals surface area contributed by atoms with Crippen LogP contribution in [0.4, 0.5) is 0 Å². The second-order valence-corrected chi connectivity index (χ2v) is 6.67. The number of rotatable bonds is 6. The lowest BCUT2D eigenvalue weighted by molar-refractivity contribution is -0.0948. The molecule has 1 saturated heterocycles. The molecule has 2 heterocycles. The number of hydrogen-bond acceptors (Lipinski definition) is 5. The second-order valence-electron chi connectivity index (χ2n) is 5.59. The number of nitrogens with one attached hydrogen (secondary N) is 1. The summed E-state index contributed by atoms with van der Waals surface area (Å²) in [6, 6.07) is 0.490. The molecule has 0 atom stereocenters. The molecule has 5 heteroatoms. The molecule has 1 aliphatic rings. The van der Waals surface area contributed by atoms with Gasteiger partial charge in [0.05, 0.1) is 5.69 Å². The Hall–Kier alpha value is -0.490. The van der Waals surface area contributed by atoms with Gasteiger partial charge in [-0.15, -0.1) is 11.3 Å². The number of thiazole rings is 1. The molecule has 0 aromatic carbocycles. The molecule has 1 aromatic rings. The number of hydrogen-bond donors (Lipinski definition) is 1. The maximum atomic E-state index is 5.85. The van der Waals surface area contributed by atoms with Crippen molar-refractivity contribution in [3.8, 4) is 0 Å². The average Bonchev–Trinajstić information content (AvgIpc) is 2.89. The van der Waals surface area contributed by atoms with Crippen LogP contribution in [-0.2, 0) is 28.0 Å². The maximum absolute atomic E-state index is 5.85. The molecule has 114 valence electrons. The molecule has 1 aromatic heterocycles. The van der Waals surface area contributed by atoms with Crippen LogP contribution in [0, 0.1) is 0 Å². The zero-order valence-corrected chi connectivity index (χ0v) is 13.8. The summed E-state index contributed by atoms with van der Waals surface area (Å²) in [5.41, 5.74) is 0.976. The van der Waals surface area contributed by atoms with Crippen molar-refractivity contribution in [1.82, 2.24) is 10.3 Å². The summed E-state index contributed by atoms with van der Waals surface area (Å²) in [5, 5.41) is 4.61. The fourth-order valence-corrected chi connectivity index (χ4v) is 3.82. The number of aryl methyl sites for hydroxylation is 1. The molecule has 20 heavy (non-hydrogen) atoms. The van der Waals surface area contributed by atoms with Crippen molar-refractivity contribution in [2.24, 2.45) is 0 Å². The fourth-order valence-electron chi connectivity index (χ4n) is 2.50. The Bertz CT molecular complexity index is 426. The van der Waals surface area contributed by atoms with Crippen molar-refractivity contribution in [1.29, 1.82) is 0 Å². The van der Waals surface area contributed by atoms with Gasteiger partial charge in [0, 0.05) is 50.6 Å². The van der Waals surface area contributed by atoms with Crippen LogP contribution in [0.25, 0.3) is 0 Å². The molecule has 0 aliphatic carbocycles. The predicted octanol–water partition coefficient (Wildman–Crippen LogP) is 2.86. The minimum Gasteiger partial charge on any atom is -0.381 e. The van der Waals surface area contributed by atoms with Gasteiger partial charge in [-0.25, -0.2) is 4.98 Å². The Balaban J connectivity index is 2.22. The normalized spacial score (nSPS) is 18.6. The predicted molar refractivity (Wildman–Crippen MR) is 82.2 cm³/mol. The van der Waals surface area contributed by atoms with Crippen LogP contribution in [0.1, 0.15) is 49.2 Å². The topological polar surface area (TPSA) is 43.4 Å². The highest BCUT2D eigenvalue weighted by atomic mass is 32.1. The van der Waals surface area contributed by atoms with Crippen molar-refractivity contribution in [2.75, 3.05) is 20.3 Å². The molecule has 0 unspecified atom stereocenters. The Labute approximate surface area is 125 Å². The summed E-state index contributed by atoms with van der Waals surface area (Å²) in [6.07, 6.45) is 2.77. The second kappa shape index (κ2) is 6.98. The molecular formula is C15H26N2O2S. The van der Waals surface area contributed by atoms with E-state index in [2.05, 4.69) is 26.1 Å². The number of ether oxygens (including phenoxy) is 2. The minimum absolute atomic E-state index is 0.233. The van der Waals surface area contributed by atoms with Crippen LogP contribution in [0.5, 0.6) is 0 Å². The molecule has 2 rings (SSSR count). The van der Waals surface area contributed by atoms with E-state index in [1.807, 2.05) is 0 Å². The van der Waals surface area contributed by atoms with E-state index >= 15 is 0 Å². The van der Waals surface area contributed by atoms with Gasteiger partial charge in [0.2, 0.25) is 0 Å². The van der Waals surface area contributed by atoms with Gasteiger partial charge in [0.1, 0.15) is 10.6 Å². The van der Waals surface area contributed by atoms with E-state index in [1.165, 1.54) is 10.6 Å². The van der Waals surface area contributed by atoms with Crippen LogP contribution in [0.2, 0.25) is 0 Å². The van der Waals surface area contributed by atoms with Crippen LogP contribution < -0.4 is 5.32 Å². The van der Waals surface area contributed by atoms with Gasteiger partial charge in [-0.2, -0.15) is 0 Å². The van der Waals surface area contributed by atoms with Crippen LogP contribution in [0.3, 0.4) is 0 Å². The highest BCUT2D eigenvalue weighted by Gasteiger charge is 2.38.